The first-order valence-electron chi connectivity index (χ1n) is 9.06. The van der Waals surface area contributed by atoms with Crippen molar-refractivity contribution in [2.75, 3.05) is 5.01 Å². The molecule has 0 saturated heterocycles. The number of carbonyl (C=O) groups is 2. The Balaban J connectivity index is 1.68. The van der Waals surface area contributed by atoms with Crippen LogP contribution in [0, 0.1) is 5.92 Å². The van der Waals surface area contributed by atoms with Crippen molar-refractivity contribution in [3.05, 3.63) is 90.4 Å². The zero-order chi connectivity index (χ0) is 20.2. The standard InChI is InChI=1S/C22H18N4O3/c1-15-19(22(28)26(25-15)17-11-6-3-7-12-17)20(16-9-4-2-5-10-16)23-24-21(27)18-13-8-14-29-18/h2-14,19H,1H3,(H,24,27)/b23-20+. The molecule has 1 unspecified atom stereocenters. The first kappa shape index (κ1) is 18.4. The van der Waals surface area contributed by atoms with E-state index in [2.05, 4.69) is 15.6 Å². The first-order valence-corrected chi connectivity index (χ1v) is 9.06. The molecule has 1 atom stereocenters. The molecule has 4 rings (SSSR count). The number of benzene rings is 2. The summed E-state index contributed by atoms with van der Waals surface area (Å²) >= 11 is 0. The fourth-order valence-electron chi connectivity index (χ4n) is 3.11. The van der Waals surface area contributed by atoms with Crippen molar-refractivity contribution in [2.45, 2.75) is 6.92 Å². The lowest BCUT2D eigenvalue weighted by molar-refractivity contribution is -0.118. The van der Waals surface area contributed by atoms with Crippen molar-refractivity contribution >= 4 is 28.9 Å². The largest absolute Gasteiger partial charge is 0.459 e. The topological polar surface area (TPSA) is 87.3 Å². The van der Waals surface area contributed by atoms with Gasteiger partial charge in [-0.2, -0.15) is 15.2 Å². The zero-order valence-corrected chi connectivity index (χ0v) is 15.6. The number of furan rings is 1. The number of para-hydroxylation sites is 1. The molecule has 29 heavy (non-hydrogen) atoms. The molecule has 0 aliphatic carbocycles. The van der Waals surface area contributed by atoms with E-state index in [-0.39, 0.29) is 11.7 Å². The van der Waals surface area contributed by atoms with E-state index in [4.69, 9.17) is 4.42 Å². The minimum absolute atomic E-state index is 0.134. The van der Waals surface area contributed by atoms with Gasteiger partial charge in [0, 0.05) is 0 Å². The monoisotopic (exact) mass is 386 g/mol. The summed E-state index contributed by atoms with van der Waals surface area (Å²) in [5.74, 6) is -1.31. The zero-order valence-electron chi connectivity index (χ0n) is 15.6. The molecule has 0 fully saturated rings. The van der Waals surface area contributed by atoms with Crippen LogP contribution < -0.4 is 10.4 Å². The summed E-state index contributed by atoms with van der Waals surface area (Å²) in [5, 5.41) is 10.1. The molecule has 144 valence electrons. The predicted octanol–water partition coefficient (Wildman–Crippen LogP) is 3.45. The normalized spacial score (nSPS) is 16.7. The van der Waals surface area contributed by atoms with Gasteiger partial charge in [0.2, 0.25) is 0 Å². The lowest BCUT2D eigenvalue weighted by Gasteiger charge is -2.16. The summed E-state index contributed by atoms with van der Waals surface area (Å²) in [4.78, 5) is 25.5. The highest BCUT2D eigenvalue weighted by Crippen LogP contribution is 2.26. The maximum absolute atomic E-state index is 13.2. The summed E-state index contributed by atoms with van der Waals surface area (Å²) in [5.41, 5.74) is 4.88. The summed E-state index contributed by atoms with van der Waals surface area (Å²) in [6.07, 6.45) is 1.41. The van der Waals surface area contributed by atoms with Gasteiger partial charge in [0.15, 0.2) is 5.76 Å². The lowest BCUT2D eigenvalue weighted by Crippen LogP contribution is -2.35. The molecule has 2 heterocycles. The highest BCUT2D eigenvalue weighted by atomic mass is 16.3. The molecule has 0 saturated carbocycles. The molecule has 1 aliphatic heterocycles. The van der Waals surface area contributed by atoms with Gasteiger partial charge in [0.25, 0.3) is 5.91 Å². The van der Waals surface area contributed by atoms with Crippen molar-refractivity contribution < 1.29 is 14.0 Å². The third kappa shape index (κ3) is 3.70. The van der Waals surface area contributed by atoms with Gasteiger partial charge in [0.1, 0.15) is 5.92 Å². The number of anilines is 1. The van der Waals surface area contributed by atoms with Gasteiger partial charge in [-0.25, -0.2) is 5.43 Å². The third-order valence-corrected chi connectivity index (χ3v) is 4.50. The van der Waals surface area contributed by atoms with Crippen molar-refractivity contribution in [1.82, 2.24) is 5.43 Å². The second-order valence-corrected chi connectivity index (χ2v) is 6.44. The Morgan fingerprint density at radius 1 is 1.03 bits per heavy atom. The minimum Gasteiger partial charge on any atom is -0.459 e. The predicted molar refractivity (Wildman–Crippen MR) is 110 cm³/mol. The molecule has 0 radical (unpaired) electrons. The fourth-order valence-corrected chi connectivity index (χ4v) is 3.11. The number of hydrogen-bond donors (Lipinski definition) is 1. The van der Waals surface area contributed by atoms with Crippen LogP contribution in [-0.2, 0) is 4.79 Å². The van der Waals surface area contributed by atoms with Crippen LogP contribution in [0.1, 0.15) is 23.0 Å². The number of amides is 2. The van der Waals surface area contributed by atoms with Crippen molar-refractivity contribution in [3.63, 3.8) is 0 Å². The fraction of sp³-hybridized carbons (Fsp3) is 0.0909. The van der Waals surface area contributed by atoms with Crippen LogP contribution in [-0.4, -0.2) is 23.2 Å². The van der Waals surface area contributed by atoms with Crippen LogP contribution in [0.4, 0.5) is 5.69 Å². The number of nitrogens with zero attached hydrogens (tertiary/aromatic N) is 3. The van der Waals surface area contributed by atoms with E-state index in [9.17, 15) is 9.59 Å². The maximum Gasteiger partial charge on any atom is 0.307 e. The molecule has 1 aromatic heterocycles. The molecular weight excluding hydrogens is 368 g/mol. The van der Waals surface area contributed by atoms with Gasteiger partial charge in [-0.1, -0.05) is 48.5 Å². The van der Waals surface area contributed by atoms with E-state index in [0.717, 1.165) is 5.56 Å². The van der Waals surface area contributed by atoms with Crippen molar-refractivity contribution in [2.24, 2.45) is 16.1 Å². The molecule has 7 heteroatoms. The Hall–Kier alpha value is -4.00. The summed E-state index contributed by atoms with van der Waals surface area (Å²) in [7, 11) is 0. The van der Waals surface area contributed by atoms with Gasteiger partial charge in [-0.15, -0.1) is 0 Å². The van der Waals surface area contributed by atoms with E-state index in [1.54, 1.807) is 13.0 Å². The maximum atomic E-state index is 13.2. The molecule has 1 N–H and O–H groups in total. The van der Waals surface area contributed by atoms with Gasteiger partial charge < -0.3 is 4.42 Å². The van der Waals surface area contributed by atoms with Crippen molar-refractivity contribution in [3.8, 4) is 0 Å². The van der Waals surface area contributed by atoms with Gasteiger partial charge in [0.05, 0.1) is 23.4 Å². The van der Waals surface area contributed by atoms with Gasteiger partial charge in [-0.3, -0.25) is 9.59 Å². The molecule has 1 aliphatic rings. The number of nitrogens with one attached hydrogen (secondary N) is 1. The lowest BCUT2D eigenvalue weighted by atomic mass is 9.93. The third-order valence-electron chi connectivity index (χ3n) is 4.50. The van der Waals surface area contributed by atoms with Crippen molar-refractivity contribution in [1.29, 1.82) is 0 Å². The van der Waals surface area contributed by atoms with Crippen LogP contribution in [0.25, 0.3) is 0 Å². The molecule has 2 aromatic carbocycles. The van der Waals surface area contributed by atoms with E-state index in [0.29, 0.717) is 17.1 Å². The Kier molecular flexibility index (Phi) is 5.03. The molecule has 0 spiro atoms. The molecular formula is C22H18N4O3. The second-order valence-electron chi connectivity index (χ2n) is 6.44. The van der Waals surface area contributed by atoms with Crippen LogP contribution in [0.15, 0.2) is 93.7 Å². The van der Waals surface area contributed by atoms with Crippen LogP contribution in [0.5, 0.6) is 0 Å². The van der Waals surface area contributed by atoms with E-state index < -0.39 is 11.8 Å². The average Bonchev–Trinajstić information content (AvgIpc) is 3.39. The number of hydrazone groups is 2. The van der Waals surface area contributed by atoms with Gasteiger partial charge >= 0.3 is 5.91 Å². The van der Waals surface area contributed by atoms with E-state index in [1.165, 1.54) is 17.3 Å². The average molecular weight is 386 g/mol. The molecule has 7 nitrogen and oxygen atoms in total. The van der Waals surface area contributed by atoms with Gasteiger partial charge in [-0.05, 0) is 36.8 Å². The summed E-state index contributed by atoms with van der Waals surface area (Å²) in [6, 6.07) is 21.6. The molecule has 2 amide bonds. The Morgan fingerprint density at radius 3 is 2.38 bits per heavy atom. The highest BCUT2D eigenvalue weighted by Gasteiger charge is 2.38. The quantitative estimate of drug-likeness (QED) is 0.538. The van der Waals surface area contributed by atoms with E-state index in [1.807, 2.05) is 60.7 Å². The van der Waals surface area contributed by atoms with Crippen LogP contribution >= 0.6 is 0 Å². The Labute approximate surface area is 167 Å². The van der Waals surface area contributed by atoms with Crippen LogP contribution in [0.2, 0.25) is 0 Å². The second kappa shape index (κ2) is 7.93. The molecule has 0 bridgehead atoms. The minimum atomic E-state index is -0.713. The highest BCUT2D eigenvalue weighted by molar-refractivity contribution is 6.31. The number of rotatable bonds is 5. The summed E-state index contributed by atoms with van der Waals surface area (Å²) in [6.45, 7) is 1.78. The summed E-state index contributed by atoms with van der Waals surface area (Å²) < 4.78 is 5.10. The Bertz CT molecular complexity index is 1070. The number of hydrogen-bond acceptors (Lipinski definition) is 5. The Morgan fingerprint density at radius 2 is 1.72 bits per heavy atom. The van der Waals surface area contributed by atoms with Crippen LogP contribution in [0.3, 0.4) is 0 Å². The molecule has 3 aromatic rings. The SMILES string of the molecule is CC1=NN(c2ccccc2)C(=O)C1/C(=N/NC(=O)c1ccco1)c1ccccc1. The smallest absolute Gasteiger partial charge is 0.307 e. The number of carbonyl (C=O) groups excluding carboxylic acids is 2. The first-order chi connectivity index (χ1) is 14.1. The van der Waals surface area contributed by atoms with E-state index >= 15 is 0 Å².